The number of aryl methyl sites for hydroxylation is 1. The molecule has 4 nitrogen and oxygen atoms in total. The van der Waals surface area contributed by atoms with Gasteiger partial charge in [0.1, 0.15) is 0 Å². The zero-order valence-corrected chi connectivity index (χ0v) is 12.7. The number of aliphatic hydroxyl groups excluding tert-OH is 1. The Labute approximate surface area is 121 Å². The Hall–Kier alpha value is -0.910. The van der Waals surface area contributed by atoms with Gasteiger partial charge in [-0.1, -0.05) is 31.2 Å². The van der Waals surface area contributed by atoms with Gasteiger partial charge in [-0.2, -0.15) is 0 Å². The molecular weight excluding hydrogens is 274 g/mol. The summed E-state index contributed by atoms with van der Waals surface area (Å²) in [5.74, 6) is 0.363. The lowest BCUT2D eigenvalue weighted by Gasteiger charge is -2.29. The molecule has 0 aromatic heterocycles. The Kier molecular flexibility index (Phi) is 4.83. The molecule has 1 aromatic rings. The van der Waals surface area contributed by atoms with Crippen LogP contribution in [0.4, 0.5) is 0 Å². The van der Waals surface area contributed by atoms with E-state index in [4.69, 9.17) is 0 Å². The van der Waals surface area contributed by atoms with E-state index in [0.29, 0.717) is 13.0 Å². The summed E-state index contributed by atoms with van der Waals surface area (Å²) in [6, 6.07) is 8.05. The van der Waals surface area contributed by atoms with Crippen molar-refractivity contribution in [2.24, 2.45) is 0 Å². The lowest BCUT2D eigenvalue weighted by molar-refractivity contribution is 0.163. The zero-order chi connectivity index (χ0) is 14.6. The molecule has 1 aliphatic rings. The van der Waals surface area contributed by atoms with Gasteiger partial charge in [0.25, 0.3) is 0 Å². The molecule has 1 unspecified atom stereocenters. The number of hydrogen-bond acceptors (Lipinski definition) is 4. The molecule has 0 bridgehead atoms. The van der Waals surface area contributed by atoms with E-state index in [0.717, 1.165) is 18.4 Å². The Morgan fingerprint density at radius 3 is 2.75 bits per heavy atom. The largest absolute Gasteiger partial charge is 0.394 e. The van der Waals surface area contributed by atoms with Crippen molar-refractivity contribution in [1.82, 2.24) is 5.32 Å². The molecule has 5 heteroatoms. The third-order valence-corrected chi connectivity index (χ3v) is 5.87. The standard InChI is InChI=1S/C15H23NO3S/c1-2-10-20(18,19)11-9-16-15(12-17)8-7-13-5-3-4-6-14(13)15/h3-6,16-17H,2,7-12H2,1H3. The fourth-order valence-corrected chi connectivity index (χ4v) is 4.19. The van der Waals surface area contributed by atoms with E-state index in [9.17, 15) is 13.5 Å². The maximum Gasteiger partial charge on any atom is 0.151 e. The van der Waals surface area contributed by atoms with Gasteiger partial charge in [-0.25, -0.2) is 8.42 Å². The van der Waals surface area contributed by atoms with E-state index in [-0.39, 0.29) is 18.1 Å². The van der Waals surface area contributed by atoms with E-state index in [1.54, 1.807) is 0 Å². The van der Waals surface area contributed by atoms with Gasteiger partial charge in [0.15, 0.2) is 9.84 Å². The van der Waals surface area contributed by atoms with Crippen LogP contribution in [0.15, 0.2) is 24.3 Å². The summed E-state index contributed by atoms with van der Waals surface area (Å²) in [6.45, 7) is 2.25. The predicted octanol–water partition coefficient (Wildman–Crippen LogP) is 1.23. The summed E-state index contributed by atoms with van der Waals surface area (Å²) in [5, 5.41) is 13.1. The van der Waals surface area contributed by atoms with Crippen LogP contribution in [0.3, 0.4) is 0 Å². The number of sulfone groups is 1. The summed E-state index contributed by atoms with van der Waals surface area (Å²) < 4.78 is 23.5. The third-order valence-electron chi connectivity index (χ3n) is 4.02. The maximum absolute atomic E-state index is 11.7. The molecule has 0 radical (unpaired) electrons. The first-order valence-electron chi connectivity index (χ1n) is 7.18. The first kappa shape index (κ1) is 15.5. The van der Waals surface area contributed by atoms with E-state index in [1.165, 1.54) is 5.56 Å². The molecule has 0 amide bonds. The summed E-state index contributed by atoms with van der Waals surface area (Å²) in [4.78, 5) is 0. The van der Waals surface area contributed by atoms with Crippen molar-refractivity contribution in [2.75, 3.05) is 24.7 Å². The van der Waals surface area contributed by atoms with Crippen LogP contribution in [0.2, 0.25) is 0 Å². The second kappa shape index (κ2) is 6.24. The maximum atomic E-state index is 11.7. The Morgan fingerprint density at radius 1 is 1.30 bits per heavy atom. The van der Waals surface area contributed by atoms with Crippen LogP contribution in [0, 0.1) is 0 Å². The van der Waals surface area contributed by atoms with E-state index >= 15 is 0 Å². The first-order chi connectivity index (χ1) is 9.53. The van der Waals surface area contributed by atoms with Gasteiger partial charge in [0.05, 0.1) is 17.9 Å². The molecule has 0 spiro atoms. The normalized spacial score (nSPS) is 21.9. The molecule has 1 aliphatic carbocycles. The van der Waals surface area contributed by atoms with Crippen LogP contribution in [0.5, 0.6) is 0 Å². The Morgan fingerprint density at radius 2 is 2.05 bits per heavy atom. The van der Waals surface area contributed by atoms with Crippen LogP contribution in [0.25, 0.3) is 0 Å². The Balaban J connectivity index is 2.04. The number of rotatable bonds is 7. The number of nitrogens with one attached hydrogen (secondary N) is 1. The molecule has 2 rings (SSSR count). The van der Waals surface area contributed by atoms with Gasteiger partial charge in [0.2, 0.25) is 0 Å². The third kappa shape index (κ3) is 3.22. The monoisotopic (exact) mass is 297 g/mol. The highest BCUT2D eigenvalue weighted by Gasteiger charge is 2.37. The van der Waals surface area contributed by atoms with Crippen molar-refractivity contribution in [3.63, 3.8) is 0 Å². The summed E-state index contributed by atoms with van der Waals surface area (Å²) in [6.07, 6.45) is 2.39. The fourth-order valence-electron chi connectivity index (χ4n) is 2.95. The average molecular weight is 297 g/mol. The number of benzene rings is 1. The minimum absolute atomic E-state index is 0.00214. The van der Waals surface area contributed by atoms with Crippen LogP contribution in [0.1, 0.15) is 30.9 Å². The molecule has 0 aliphatic heterocycles. The van der Waals surface area contributed by atoms with Gasteiger partial charge < -0.3 is 10.4 Å². The van der Waals surface area contributed by atoms with Crippen LogP contribution in [-0.2, 0) is 21.8 Å². The van der Waals surface area contributed by atoms with Crippen molar-refractivity contribution in [3.8, 4) is 0 Å². The molecule has 0 fully saturated rings. The molecular formula is C15H23NO3S. The molecule has 112 valence electrons. The van der Waals surface area contributed by atoms with E-state index in [1.807, 2.05) is 25.1 Å². The first-order valence-corrected chi connectivity index (χ1v) is 9.00. The lowest BCUT2D eigenvalue weighted by Crippen LogP contribution is -2.45. The topological polar surface area (TPSA) is 66.4 Å². The van der Waals surface area contributed by atoms with Gasteiger partial charge >= 0.3 is 0 Å². The highest BCUT2D eigenvalue weighted by molar-refractivity contribution is 7.91. The molecule has 2 N–H and O–H groups in total. The number of aliphatic hydroxyl groups is 1. The minimum Gasteiger partial charge on any atom is -0.394 e. The summed E-state index contributed by atoms with van der Waals surface area (Å²) in [5.41, 5.74) is 1.87. The summed E-state index contributed by atoms with van der Waals surface area (Å²) in [7, 11) is -2.98. The highest BCUT2D eigenvalue weighted by Crippen LogP contribution is 2.36. The smallest absolute Gasteiger partial charge is 0.151 e. The fraction of sp³-hybridized carbons (Fsp3) is 0.600. The van der Waals surface area contributed by atoms with Crippen molar-refractivity contribution >= 4 is 9.84 Å². The predicted molar refractivity (Wildman–Crippen MR) is 80.5 cm³/mol. The molecule has 1 aromatic carbocycles. The van der Waals surface area contributed by atoms with Gasteiger partial charge in [-0.3, -0.25) is 0 Å². The van der Waals surface area contributed by atoms with Crippen LogP contribution in [-0.4, -0.2) is 38.2 Å². The van der Waals surface area contributed by atoms with Crippen molar-refractivity contribution < 1.29 is 13.5 Å². The lowest BCUT2D eigenvalue weighted by atomic mass is 9.93. The summed E-state index contributed by atoms with van der Waals surface area (Å²) >= 11 is 0. The number of fused-ring (bicyclic) bond motifs is 1. The van der Waals surface area contributed by atoms with E-state index < -0.39 is 15.4 Å². The van der Waals surface area contributed by atoms with E-state index in [2.05, 4.69) is 11.4 Å². The molecule has 0 heterocycles. The van der Waals surface area contributed by atoms with Crippen molar-refractivity contribution in [3.05, 3.63) is 35.4 Å². The SMILES string of the molecule is CCCS(=O)(=O)CCNC1(CO)CCc2ccccc21. The second-order valence-electron chi connectivity index (χ2n) is 5.48. The molecule has 1 atom stereocenters. The van der Waals surface area contributed by atoms with Crippen LogP contribution >= 0.6 is 0 Å². The zero-order valence-electron chi connectivity index (χ0n) is 11.9. The molecule has 0 saturated heterocycles. The van der Waals surface area contributed by atoms with Gasteiger partial charge in [-0.15, -0.1) is 0 Å². The highest BCUT2D eigenvalue weighted by atomic mass is 32.2. The van der Waals surface area contributed by atoms with Crippen molar-refractivity contribution in [2.45, 2.75) is 31.7 Å². The quantitative estimate of drug-likeness (QED) is 0.794. The molecule has 0 saturated carbocycles. The molecule has 20 heavy (non-hydrogen) atoms. The number of hydrogen-bond donors (Lipinski definition) is 2. The van der Waals surface area contributed by atoms with Gasteiger partial charge in [-0.05, 0) is 30.4 Å². The minimum atomic E-state index is -2.98. The van der Waals surface area contributed by atoms with Gasteiger partial charge in [0, 0.05) is 12.3 Å². The van der Waals surface area contributed by atoms with Crippen molar-refractivity contribution in [1.29, 1.82) is 0 Å². The van der Waals surface area contributed by atoms with Crippen LogP contribution < -0.4 is 5.32 Å². The second-order valence-corrected chi connectivity index (χ2v) is 7.78. The Bertz CT molecular complexity index is 556. The average Bonchev–Trinajstić information content (AvgIpc) is 2.78.